The predicted molar refractivity (Wildman–Crippen MR) is 128 cm³/mol. The summed E-state index contributed by atoms with van der Waals surface area (Å²) in [6.45, 7) is 4.97. The monoisotopic (exact) mass is 508 g/mol. The van der Waals surface area contributed by atoms with E-state index in [0.29, 0.717) is 42.1 Å². The number of amides is 1. The first-order valence-corrected chi connectivity index (χ1v) is 12.7. The van der Waals surface area contributed by atoms with Crippen LogP contribution in [-0.4, -0.2) is 36.9 Å². The Labute approximate surface area is 208 Å². The molecule has 11 heteroatoms. The van der Waals surface area contributed by atoms with E-state index in [1.807, 2.05) is 29.4 Å². The molecule has 2 heterocycles. The van der Waals surface area contributed by atoms with Crippen molar-refractivity contribution in [3.8, 4) is 0 Å². The van der Waals surface area contributed by atoms with Gasteiger partial charge in [0.25, 0.3) is 0 Å². The maximum atomic E-state index is 13.0. The van der Waals surface area contributed by atoms with Crippen LogP contribution in [0.3, 0.4) is 0 Å². The fourth-order valence-corrected chi connectivity index (χ4v) is 7.72. The van der Waals surface area contributed by atoms with Crippen molar-refractivity contribution in [2.24, 2.45) is 17.3 Å². The largest absolute Gasteiger partial charge is 0.408 e. The third-order valence-corrected chi connectivity index (χ3v) is 8.92. The summed E-state index contributed by atoms with van der Waals surface area (Å²) in [6.07, 6.45) is 9.06. The van der Waals surface area contributed by atoms with E-state index in [9.17, 15) is 14.9 Å². The van der Waals surface area contributed by atoms with Gasteiger partial charge >= 0.3 is 5.82 Å². The normalized spacial score (nSPS) is 29.5. The van der Waals surface area contributed by atoms with Gasteiger partial charge in [0.05, 0.1) is 27.0 Å². The third-order valence-electron chi connectivity index (χ3n) is 8.11. The van der Waals surface area contributed by atoms with Crippen LogP contribution < -0.4 is 5.32 Å². The third kappa shape index (κ3) is 4.11. The molecule has 2 aromatic heterocycles. The van der Waals surface area contributed by atoms with E-state index in [2.05, 4.69) is 15.5 Å². The molecule has 0 radical (unpaired) electrons. The van der Waals surface area contributed by atoms with E-state index >= 15 is 0 Å². The highest BCUT2D eigenvalue weighted by Gasteiger charge is 2.60. The van der Waals surface area contributed by atoms with Crippen LogP contribution in [0.2, 0.25) is 10.0 Å². The molecule has 4 bridgehead atoms. The van der Waals surface area contributed by atoms with Crippen LogP contribution in [0.4, 0.5) is 5.82 Å². The van der Waals surface area contributed by atoms with Crippen LogP contribution >= 0.6 is 23.2 Å². The minimum atomic E-state index is -0.506. The van der Waals surface area contributed by atoms with Crippen molar-refractivity contribution in [3.63, 3.8) is 0 Å². The minimum Gasteiger partial charge on any atom is -0.358 e. The van der Waals surface area contributed by atoms with Crippen LogP contribution in [0.5, 0.6) is 0 Å². The molecular formula is C23H30Cl2N6O3. The van der Waals surface area contributed by atoms with E-state index in [1.165, 1.54) is 6.42 Å². The highest BCUT2D eigenvalue weighted by Crippen LogP contribution is 2.65. The van der Waals surface area contributed by atoms with Crippen molar-refractivity contribution in [1.29, 1.82) is 0 Å². The van der Waals surface area contributed by atoms with E-state index in [4.69, 9.17) is 23.2 Å². The summed E-state index contributed by atoms with van der Waals surface area (Å²) >= 11 is 12.3. The molecule has 0 aliphatic heterocycles. The molecule has 4 aliphatic carbocycles. The predicted octanol–water partition coefficient (Wildman–Crippen LogP) is 4.80. The summed E-state index contributed by atoms with van der Waals surface area (Å²) in [7, 11) is 0. The van der Waals surface area contributed by atoms with Gasteiger partial charge in [0.1, 0.15) is 0 Å². The molecule has 9 nitrogen and oxygen atoms in total. The average molecular weight is 509 g/mol. The molecular weight excluding hydrogens is 479 g/mol. The Bertz CT molecular complexity index is 1110. The summed E-state index contributed by atoms with van der Waals surface area (Å²) in [6, 6.07) is 0. The van der Waals surface area contributed by atoms with Crippen molar-refractivity contribution in [1.82, 2.24) is 24.9 Å². The Morgan fingerprint density at radius 2 is 1.94 bits per heavy atom. The van der Waals surface area contributed by atoms with Gasteiger partial charge < -0.3 is 15.4 Å². The molecule has 2 unspecified atom stereocenters. The molecule has 0 aromatic carbocycles. The number of halogens is 2. The van der Waals surface area contributed by atoms with Crippen molar-refractivity contribution in [2.45, 2.75) is 77.3 Å². The Hall–Kier alpha value is -2.13. The molecule has 6 rings (SSSR count). The molecule has 4 fully saturated rings. The first kappa shape index (κ1) is 23.6. The SMILES string of the molecule is Cc1nn(CCCNC(=O)CC23CC4CC(C2)CC(n2nc([N+](=O)[O-])c(Cl)c2C)(C4)C3)cc1Cl. The van der Waals surface area contributed by atoms with Crippen molar-refractivity contribution in [3.05, 3.63) is 37.7 Å². The molecule has 1 N–H and O–H groups in total. The second-order valence-electron chi connectivity index (χ2n) is 10.8. The lowest BCUT2D eigenvalue weighted by atomic mass is 9.46. The highest BCUT2D eigenvalue weighted by atomic mass is 35.5. The molecule has 1 amide bonds. The second kappa shape index (κ2) is 8.52. The number of nitrogens with zero attached hydrogens (tertiary/aromatic N) is 5. The van der Waals surface area contributed by atoms with Crippen molar-refractivity contribution in [2.75, 3.05) is 6.54 Å². The molecule has 0 saturated heterocycles. The number of nitrogens with one attached hydrogen (secondary N) is 1. The Kier molecular flexibility index (Phi) is 5.91. The van der Waals surface area contributed by atoms with Gasteiger partial charge in [-0.1, -0.05) is 23.2 Å². The van der Waals surface area contributed by atoms with Crippen molar-refractivity contribution >= 4 is 34.9 Å². The van der Waals surface area contributed by atoms with Gasteiger partial charge in [-0.3, -0.25) is 9.48 Å². The summed E-state index contributed by atoms with van der Waals surface area (Å²) in [4.78, 5) is 23.9. The number of hydrogen-bond donors (Lipinski definition) is 1. The van der Waals surface area contributed by atoms with Crippen molar-refractivity contribution < 1.29 is 9.72 Å². The number of aryl methyl sites for hydroxylation is 2. The van der Waals surface area contributed by atoms with Gasteiger partial charge in [-0.05, 0) is 81.0 Å². The van der Waals surface area contributed by atoms with Gasteiger partial charge in [0.15, 0.2) is 5.02 Å². The number of carbonyl (C=O) groups excluding carboxylic acids is 1. The zero-order valence-electron chi connectivity index (χ0n) is 19.5. The molecule has 34 heavy (non-hydrogen) atoms. The Morgan fingerprint density at radius 3 is 2.53 bits per heavy atom. The first-order valence-electron chi connectivity index (χ1n) is 12.0. The van der Waals surface area contributed by atoms with E-state index in [-0.39, 0.29) is 27.7 Å². The van der Waals surface area contributed by atoms with Crippen LogP contribution in [0.25, 0.3) is 0 Å². The minimum absolute atomic E-state index is 0.0768. The first-order chi connectivity index (χ1) is 16.1. The molecule has 2 atom stereocenters. The number of nitro groups is 1. The maximum Gasteiger partial charge on any atom is 0.408 e. The molecule has 4 saturated carbocycles. The summed E-state index contributed by atoms with van der Waals surface area (Å²) < 4.78 is 3.65. The summed E-state index contributed by atoms with van der Waals surface area (Å²) in [5.41, 5.74) is 1.09. The summed E-state index contributed by atoms with van der Waals surface area (Å²) in [5.74, 6) is 0.843. The fraction of sp³-hybridized carbons (Fsp3) is 0.696. The lowest BCUT2D eigenvalue weighted by molar-refractivity contribution is -0.389. The van der Waals surface area contributed by atoms with Gasteiger partial charge in [-0.2, -0.15) is 9.78 Å². The number of aromatic nitrogens is 4. The molecule has 2 aromatic rings. The molecule has 0 spiro atoms. The fourth-order valence-electron chi connectivity index (χ4n) is 7.38. The zero-order chi connectivity index (χ0) is 24.3. The number of hydrogen-bond acceptors (Lipinski definition) is 5. The van der Waals surface area contributed by atoms with Gasteiger partial charge in [-0.15, -0.1) is 0 Å². The van der Waals surface area contributed by atoms with Gasteiger partial charge in [0.2, 0.25) is 5.91 Å². The molecule has 4 aliphatic rings. The number of rotatable bonds is 8. The van der Waals surface area contributed by atoms with Gasteiger partial charge in [-0.25, -0.2) is 0 Å². The maximum absolute atomic E-state index is 13.0. The average Bonchev–Trinajstić information content (AvgIpc) is 3.22. The standard InChI is InChI=1S/C23H30Cl2N6O3/c1-14-18(24)12-29(27-14)5-3-4-26-19(32)11-22-7-16-6-17(8-22)10-23(9-16,13-22)30-15(2)20(25)21(28-30)31(33)34/h12,16-17H,3-11,13H2,1-2H3,(H,26,32). The van der Waals surface area contributed by atoms with E-state index in [0.717, 1.165) is 44.2 Å². The van der Waals surface area contributed by atoms with Crippen LogP contribution in [0, 0.1) is 41.2 Å². The Balaban J connectivity index is 1.26. The van der Waals surface area contributed by atoms with Gasteiger partial charge in [0, 0.05) is 25.7 Å². The highest BCUT2D eigenvalue weighted by molar-refractivity contribution is 6.33. The lowest BCUT2D eigenvalue weighted by Crippen LogP contribution is -2.58. The van der Waals surface area contributed by atoms with Crippen LogP contribution in [0.15, 0.2) is 6.20 Å². The number of carbonyl (C=O) groups is 1. The Morgan fingerprint density at radius 1 is 1.24 bits per heavy atom. The topological polar surface area (TPSA) is 108 Å². The smallest absolute Gasteiger partial charge is 0.358 e. The second-order valence-corrected chi connectivity index (χ2v) is 11.6. The summed E-state index contributed by atoms with van der Waals surface area (Å²) in [5, 5.41) is 24.0. The van der Waals surface area contributed by atoms with E-state index in [1.54, 1.807) is 0 Å². The lowest BCUT2D eigenvalue weighted by Gasteiger charge is -2.61. The molecule has 184 valence electrons. The van der Waals surface area contributed by atoms with E-state index < -0.39 is 4.92 Å². The van der Waals surface area contributed by atoms with Crippen LogP contribution in [0.1, 0.15) is 62.8 Å². The van der Waals surface area contributed by atoms with Crippen LogP contribution in [-0.2, 0) is 16.9 Å². The zero-order valence-corrected chi connectivity index (χ0v) is 21.0. The quantitative estimate of drug-likeness (QED) is 0.312.